The number of carboxylic acids is 1. The average molecular weight is 349 g/mol. The zero-order chi connectivity index (χ0) is 18.5. The zero-order valence-electron chi connectivity index (χ0n) is 14.3. The van der Waals surface area contributed by atoms with Crippen LogP contribution in [-0.2, 0) is 4.74 Å². The zero-order valence-corrected chi connectivity index (χ0v) is 14.3. The van der Waals surface area contributed by atoms with Crippen molar-refractivity contribution < 1.29 is 19.7 Å². The summed E-state index contributed by atoms with van der Waals surface area (Å²) in [5.74, 6) is -0.826. The first-order chi connectivity index (χ1) is 12.6. The Bertz CT molecular complexity index is 948. The molecular formula is C21H19NO4. The van der Waals surface area contributed by atoms with Gasteiger partial charge in [-0.3, -0.25) is 0 Å². The summed E-state index contributed by atoms with van der Waals surface area (Å²) in [6, 6.07) is 19.7. The Morgan fingerprint density at radius 1 is 1.04 bits per heavy atom. The van der Waals surface area contributed by atoms with Crippen molar-refractivity contribution in [1.82, 2.24) is 0 Å². The van der Waals surface area contributed by atoms with Gasteiger partial charge in [-0.2, -0.15) is 0 Å². The maximum atomic E-state index is 10.9. The number of aliphatic hydroxyl groups excluding tert-OH is 1. The molecule has 0 heterocycles. The monoisotopic (exact) mass is 349 g/mol. The predicted octanol–water partition coefficient (Wildman–Crippen LogP) is 4.34. The first-order valence-corrected chi connectivity index (χ1v) is 8.30. The van der Waals surface area contributed by atoms with Crippen molar-refractivity contribution in [2.24, 2.45) is 4.99 Å². The van der Waals surface area contributed by atoms with E-state index in [1.807, 2.05) is 49.4 Å². The second kappa shape index (κ2) is 7.80. The number of hydrogen-bond acceptors (Lipinski definition) is 4. The highest BCUT2D eigenvalue weighted by molar-refractivity contribution is 5.89. The van der Waals surface area contributed by atoms with Crippen LogP contribution >= 0.6 is 0 Å². The second-order valence-corrected chi connectivity index (χ2v) is 5.74. The first kappa shape index (κ1) is 17.6. The number of carbonyl (C=O) groups is 1. The lowest BCUT2D eigenvalue weighted by Gasteiger charge is -2.15. The Morgan fingerprint density at radius 3 is 2.38 bits per heavy atom. The lowest BCUT2D eigenvalue weighted by Crippen LogP contribution is -2.15. The molecular weight excluding hydrogens is 330 g/mol. The molecule has 132 valence electrons. The number of aliphatic hydroxyl groups is 1. The van der Waals surface area contributed by atoms with E-state index in [0.29, 0.717) is 17.9 Å². The van der Waals surface area contributed by atoms with Gasteiger partial charge in [0.25, 0.3) is 0 Å². The summed E-state index contributed by atoms with van der Waals surface area (Å²) in [5.41, 5.74) is 1.37. The summed E-state index contributed by atoms with van der Waals surface area (Å²) in [6.45, 7) is 2.17. The molecule has 1 atom stereocenters. The van der Waals surface area contributed by atoms with Crippen molar-refractivity contribution in [3.63, 3.8) is 0 Å². The topological polar surface area (TPSA) is 79.1 Å². The van der Waals surface area contributed by atoms with E-state index in [2.05, 4.69) is 4.99 Å². The predicted molar refractivity (Wildman–Crippen MR) is 101 cm³/mol. The number of aliphatic imine (C=N–C) groups is 1. The summed E-state index contributed by atoms with van der Waals surface area (Å²) in [6.07, 6.45) is -1.02. The number of carboxylic acid groups (broad SMARTS) is 1. The summed E-state index contributed by atoms with van der Waals surface area (Å²) in [4.78, 5) is 15.3. The van der Waals surface area contributed by atoms with Crippen LogP contribution in [0.3, 0.4) is 0 Å². The highest BCUT2D eigenvalue weighted by atomic mass is 16.5. The maximum absolute atomic E-state index is 10.9. The van der Waals surface area contributed by atoms with E-state index < -0.39 is 12.1 Å². The van der Waals surface area contributed by atoms with Gasteiger partial charge in [0.15, 0.2) is 6.10 Å². The Kier molecular flexibility index (Phi) is 5.29. The Balaban J connectivity index is 1.93. The molecule has 5 nitrogen and oxygen atoms in total. The third-order valence-corrected chi connectivity index (χ3v) is 3.97. The number of hydrogen-bond donors (Lipinski definition) is 2. The molecule has 5 heteroatoms. The molecule has 0 radical (unpaired) electrons. The highest BCUT2D eigenvalue weighted by Gasteiger charge is 2.17. The van der Waals surface area contributed by atoms with E-state index in [0.717, 1.165) is 10.8 Å². The van der Waals surface area contributed by atoms with Crippen LogP contribution in [0, 0.1) is 0 Å². The molecule has 3 rings (SSSR count). The fraction of sp³-hybridized carbons (Fsp3) is 0.143. The van der Waals surface area contributed by atoms with Gasteiger partial charge in [0.2, 0.25) is 5.90 Å². The molecule has 0 saturated heterocycles. The standard InChI is InChI=1S/C21H19NO4/c1-2-26-20(22-18-11-9-15(10-12-18)21(24)25)19(23)17-8-7-14-5-3-4-6-16(14)13-17/h3-13,19,23H,2H2,1H3,(H,24,25). The molecule has 1 unspecified atom stereocenters. The smallest absolute Gasteiger partial charge is 0.335 e. The molecule has 0 aromatic heterocycles. The summed E-state index contributed by atoms with van der Waals surface area (Å²) < 4.78 is 5.54. The largest absolute Gasteiger partial charge is 0.479 e. The molecule has 3 aromatic carbocycles. The number of fused-ring (bicyclic) bond motifs is 1. The molecule has 0 saturated carbocycles. The molecule has 0 aliphatic heterocycles. The quantitative estimate of drug-likeness (QED) is 0.530. The fourth-order valence-corrected chi connectivity index (χ4v) is 2.65. The number of rotatable bonds is 5. The van der Waals surface area contributed by atoms with Gasteiger partial charge in [-0.05, 0) is 53.6 Å². The van der Waals surface area contributed by atoms with Crippen molar-refractivity contribution in [2.45, 2.75) is 13.0 Å². The minimum absolute atomic E-state index is 0.172. The Hall–Kier alpha value is -3.18. The molecule has 26 heavy (non-hydrogen) atoms. The summed E-state index contributed by atoms with van der Waals surface area (Å²) in [7, 11) is 0. The van der Waals surface area contributed by atoms with Gasteiger partial charge in [-0.25, -0.2) is 9.79 Å². The normalized spacial score (nSPS) is 12.8. The third kappa shape index (κ3) is 3.90. The van der Waals surface area contributed by atoms with E-state index in [9.17, 15) is 9.90 Å². The van der Waals surface area contributed by atoms with Gasteiger partial charge < -0.3 is 14.9 Å². The van der Waals surface area contributed by atoms with Crippen molar-refractivity contribution in [3.8, 4) is 0 Å². The molecule has 3 aromatic rings. The van der Waals surface area contributed by atoms with E-state index >= 15 is 0 Å². The highest BCUT2D eigenvalue weighted by Crippen LogP contribution is 2.24. The van der Waals surface area contributed by atoms with Crippen LogP contribution < -0.4 is 0 Å². The number of aromatic carboxylic acids is 1. The molecule has 0 aliphatic rings. The van der Waals surface area contributed by atoms with Crippen LogP contribution in [0.25, 0.3) is 10.8 Å². The van der Waals surface area contributed by atoms with Crippen LogP contribution in [0.15, 0.2) is 71.7 Å². The maximum Gasteiger partial charge on any atom is 0.335 e. The minimum atomic E-state index is -1.02. The van der Waals surface area contributed by atoms with Gasteiger partial charge in [0.05, 0.1) is 17.9 Å². The van der Waals surface area contributed by atoms with Crippen LogP contribution in [0.5, 0.6) is 0 Å². The van der Waals surface area contributed by atoms with Crippen LogP contribution in [0.4, 0.5) is 5.69 Å². The van der Waals surface area contributed by atoms with E-state index in [-0.39, 0.29) is 11.5 Å². The molecule has 0 fully saturated rings. The van der Waals surface area contributed by atoms with Crippen molar-refractivity contribution in [1.29, 1.82) is 0 Å². The number of benzene rings is 3. The molecule has 2 N–H and O–H groups in total. The average Bonchev–Trinajstić information content (AvgIpc) is 2.67. The van der Waals surface area contributed by atoms with Crippen molar-refractivity contribution >= 4 is 28.3 Å². The van der Waals surface area contributed by atoms with Gasteiger partial charge in [0.1, 0.15) is 0 Å². The SMILES string of the molecule is CCOC(=Nc1ccc(C(=O)O)cc1)C(O)c1ccc2ccccc2c1. The molecule has 0 aliphatic carbocycles. The lowest BCUT2D eigenvalue weighted by atomic mass is 10.0. The van der Waals surface area contributed by atoms with E-state index in [1.165, 1.54) is 12.1 Å². The molecule has 0 spiro atoms. The third-order valence-electron chi connectivity index (χ3n) is 3.97. The molecule has 0 amide bonds. The van der Waals surface area contributed by atoms with Crippen LogP contribution in [0.1, 0.15) is 28.9 Å². The number of ether oxygens (including phenoxy) is 1. The van der Waals surface area contributed by atoms with Crippen LogP contribution in [-0.4, -0.2) is 28.7 Å². The molecule has 0 bridgehead atoms. The Morgan fingerprint density at radius 2 is 1.73 bits per heavy atom. The second-order valence-electron chi connectivity index (χ2n) is 5.74. The van der Waals surface area contributed by atoms with Crippen molar-refractivity contribution in [2.75, 3.05) is 6.61 Å². The fourth-order valence-electron chi connectivity index (χ4n) is 2.65. The number of nitrogens with zero attached hydrogens (tertiary/aromatic N) is 1. The van der Waals surface area contributed by atoms with Gasteiger partial charge in [-0.15, -0.1) is 0 Å². The summed E-state index contributed by atoms with van der Waals surface area (Å²) >= 11 is 0. The van der Waals surface area contributed by atoms with E-state index in [4.69, 9.17) is 9.84 Å². The van der Waals surface area contributed by atoms with Gasteiger partial charge in [0, 0.05) is 0 Å². The lowest BCUT2D eigenvalue weighted by molar-refractivity contribution is 0.0697. The summed E-state index contributed by atoms with van der Waals surface area (Å²) in [5, 5.41) is 21.8. The first-order valence-electron chi connectivity index (χ1n) is 8.30. The van der Waals surface area contributed by atoms with Crippen molar-refractivity contribution in [3.05, 3.63) is 77.9 Å². The minimum Gasteiger partial charge on any atom is -0.479 e. The van der Waals surface area contributed by atoms with Gasteiger partial charge >= 0.3 is 5.97 Å². The van der Waals surface area contributed by atoms with E-state index in [1.54, 1.807) is 12.1 Å². The van der Waals surface area contributed by atoms with Crippen LogP contribution in [0.2, 0.25) is 0 Å². The van der Waals surface area contributed by atoms with Gasteiger partial charge in [-0.1, -0.05) is 36.4 Å². The Labute approximate surface area is 151 Å².